The van der Waals surface area contributed by atoms with Gasteiger partial charge in [0.25, 0.3) is 0 Å². The first-order valence-corrected chi connectivity index (χ1v) is 11.5. The van der Waals surface area contributed by atoms with Crippen molar-refractivity contribution >= 4 is 19.5 Å². The number of hydrogen-bond donors (Lipinski definition) is 1. The summed E-state index contributed by atoms with van der Waals surface area (Å²) < 4.78 is 0. The molecule has 0 fully saturated rings. The van der Waals surface area contributed by atoms with Crippen molar-refractivity contribution in [1.82, 2.24) is 5.32 Å². The van der Waals surface area contributed by atoms with Gasteiger partial charge in [0.05, 0.1) is 0 Å². The van der Waals surface area contributed by atoms with Gasteiger partial charge >= 0.3 is 0 Å². The molecular formula is C5H19NSi2. The fraction of sp³-hybridized carbons (Fsp3) is 1.00. The highest BCUT2D eigenvalue weighted by Crippen LogP contribution is 1.82. The molecule has 52 valence electrons. The first-order chi connectivity index (χ1) is 3.81. The fourth-order valence-electron chi connectivity index (χ4n) is 0.204. The van der Waals surface area contributed by atoms with E-state index in [-0.39, 0.29) is 0 Å². The van der Waals surface area contributed by atoms with Crippen LogP contribution in [0.3, 0.4) is 0 Å². The highest BCUT2D eigenvalue weighted by molar-refractivity contribution is 6.75. The molecule has 0 aromatic rings. The fourth-order valence-corrected chi connectivity index (χ4v) is 0.204. The quantitative estimate of drug-likeness (QED) is 0.478. The van der Waals surface area contributed by atoms with E-state index in [1.165, 1.54) is 25.9 Å². The summed E-state index contributed by atoms with van der Waals surface area (Å²) in [5, 5.41) is 3.11. The van der Waals surface area contributed by atoms with Crippen LogP contribution in [-0.2, 0) is 0 Å². The molecule has 1 nitrogen and oxygen atoms in total. The molecule has 0 aromatic carbocycles. The average molecular weight is 149 g/mol. The summed E-state index contributed by atoms with van der Waals surface area (Å²) in [6.45, 7) is 4.33. The summed E-state index contributed by atoms with van der Waals surface area (Å²) in [6.07, 6.45) is 1.22. The summed E-state index contributed by atoms with van der Waals surface area (Å²) in [5.41, 5.74) is 0. The van der Waals surface area contributed by atoms with Gasteiger partial charge in [-0.15, -0.1) is 0 Å². The van der Waals surface area contributed by atoms with E-state index in [4.69, 9.17) is 0 Å². The van der Waals surface area contributed by atoms with Crippen molar-refractivity contribution in [2.24, 2.45) is 0 Å². The van der Waals surface area contributed by atoms with E-state index < -0.39 is 0 Å². The SMILES string of the molecule is CCC(C)NC.[SiH3][SiH3]. The summed E-state index contributed by atoms with van der Waals surface area (Å²) in [6, 6.07) is 0.685. The maximum Gasteiger partial charge on any atom is 0.00331 e. The molecule has 1 N–H and O–H groups in total. The number of nitrogens with one attached hydrogen (secondary N) is 1. The normalized spacial score (nSPS) is 12.4. The molecule has 0 amide bonds. The molecule has 3 heteroatoms. The molecule has 1 unspecified atom stereocenters. The standard InChI is InChI=1S/C5H13N.H6Si2/c1-4-5(2)6-3;1-2/h5-6H,4H2,1-3H3;1-2H3. The van der Waals surface area contributed by atoms with E-state index in [0.29, 0.717) is 6.04 Å². The third-order valence-corrected chi connectivity index (χ3v) is 1.11. The molecule has 0 spiro atoms. The average Bonchev–Trinajstić information content (AvgIpc) is 1.91. The van der Waals surface area contributed by atoms with Crippen LogP contribution in [-0.4, -0.2) is 32.6 Å². The van der Waals surface area contributed by atoms with E-state index in [1.807, 2.05) is 7.05 Å². The van der Waals surface area contributed by atoms with Crippen LogP contribution in [0.2, 0.25) is 0 Å². The molecule has 0 bridgehead atoms. The second-order valence-electron chi connectivity index (χ2n) is 1.60. The van der Waals surface area contributed by atoms with Gasteiger partial charge in [-0.3, -0.25) is 0 Å². The molecule has 0 saturated heterocycles. The van der Waals surface area contributed by atoms with Crippen molar-refractivity contribution in [2.45, 2.75) is 26.3 Å². The lowest BCUT2D eigenvalue weighted by Gasteiger charge is -2.02. The molecular weight excluding hydrogens is 130 g/mol. The zero-order chi connectivity index (χ0) is 6.99. The van der Waals surface area contributed by atoms with Crippen molar-refractivity contribution in [2.75, 3.05) is 7.05 Å². The van der Waals surface area contributed by atoms with Crippen LogP contribution in [0.5, 0.6) is 0 Å². The molecule has 1 atom stereocenters. The Morgan fingerprint density at radius 1 is 1.50 bits per heavy atom. The topological polar surface area (TPSA) is 12.0 Å². The van der Waals surface area contributed by atoms with E-state index in [2.05, 4.69) is 19.2 Å². The molecule has 0 radical (unpaired) electrons. The molecule has 0 heterocycles. The van der Waals surface area contributed by atoms with E-state index in [9.17, 15) is 0 Å². The minimum absolute atomic E-state index is 0.685. The van der Waals surface area contributed by atoms with Crippen LogP contribution in [0.1, 0.15) is 20.3 Å². The Labute approximate surface area is 58.9 Å². The van der Waals surface area contributed by atoms with Gasteiger partial charge in [-0.25, -0.2) is 0 Å². The highest BCUT2D eigenvalue weighted by Gasteiger charge is 1.86. The highest BCUT2D eigenvalue weighted by atomic mass is 29.1. The zero-order valence-electron chi connectivity index (χ0n) is 6.78. The molecule has 8 heavy (non-hydrogen) atoms. The van der Waals surface area contributed by atoms with Crippen molar-refractivity contribution in [1.29, 1.82) is 0 Å². The molecule has 0 aliphatic heterocycles. The molecule has 0 aromatic heterocycles. The molecule has 0 aliphatic rings. The van der Waals surface area contributed by atoms with Crippen LogP contribution >= 0.6 is 0 Å². The van der Waals surface area contributed by atoms with Crippen molar-refractivity contribution < 1.29 is 0 Å². The van der Waals surface area contributed by atoms with Crippen LogP contribution in [0.15, 0.2) is 0 Å². The number of rotatable bonds is 2. The predicted octanol–water partition coefficient (Wildman–Crippen LogP) is -1.36. The second-order valence-corrected chi connectivity index (χ2v) is 1.60. The minimum Gasteiger partial charge on any atom is -0.317 e. The lowest BCUT2D eigenvalue weighted by Crippen LogP contribution is -2.19. The van der Waals surface area contributed by atoms with Gasteiger partial charge in [0.15, 0.2) is 0 Å². The third kappa shape index (κ3) is 9.64. The van der Waals surface area contributed by atoms with Gasteiger partial charge in [0, 0.05) is 6.04 Å². The van der Waals surface area contributed by atoms with Crippen molar-refractivity contribution in [3.05, 3.63) is 0 Å². The van der Waals surface area contributed by atoms with Crippen molar-refractivity contribution in [3.63, 3.8) is 0 Å². The number of hydrogen-bond acceptors (Lipinski definition) is 1. The van der Waals surface area contributed by atoms with E-state index in [1.54, 1.807) is 0 Å². The molecule has 0 saturated carbocycles. The maximum atomic E-state index is 3.11. The van der Waals surface area contributed by atoms with Crippen LogP contribution in [0, 0.1) is 0 Å². The Bertz CT molecular complexity index is 29.6. The first-order valence-electron chi connectivity index (χ1n) is 3.48. The Balaban J connectivity index is 0. The largest absolute Gasteiger partial charge is 0.317 e. The van der Waals surface area contributed by atoms with Gasteiger partial charge in [0.1, 0.15) is 0 Å². The lowest BCUT2D eigenvalue weighted by atomic mass is 10.3. The van der Waals surface area contributed by atoms with Gasteiger partial charge < -0.3 is 5.32 Å². The summed E-state index contributed by atoms with van der Waals surface area (Å²) in [7, 11) is 4.87. The maximum absolute atomic E-state index is 3.11. The molecule has 0 rings (SSSR count). The lowest BCUT2D eigenvalue weighted by molar-refractivity contribution is 0.593. The van der Waals surface area contributed by atoms with E-state index in [0.717, 1.165) is 0 Å². The Morgan fingerprint density at radius 2 is 1.88 bits per heavy atom. The zero-order valence-corrected chi connectivity index (χ0v) is 10.8. The second kappa shape index (κ2) is 10.4. The summed E-state index contributed by atoms with van der Waals surface area (Å²) >= 11 is 0. The van der Waals surface area contributed by atoms with Crippen LogP contribution in [0.4, 0.5) is 0 Å². The summed E-state index contributed by atoms with van der Waals surface area (Å²) in [5.74, 6) is 0. The van der Waals surface area contributed by atoms with E-state index >= 15 is 0 Å². The van der Waals surface area contributed by atoms with Gasteiger partial charge in [-0.1, -0.05) is 6.92 Å². The Kier molecular flexibility index (Phi) is 14.6. The predicted molar refractivity (Wildman–Crippen MR) is 48.7 cm³/mol. The monoisotopic (exact) mass is 149 g/mol. The summed E-state index contributed by atoms with van der Waals surface area (Å²) in [4.78, 5) is 0. The Morgan fingerprint density at radius 3 is 1.88 bits per heavy atom. The van der Waals surface area contributed by atoms with Gasteiger partial charge in [0.2, 0.25) is 0 Å². The Hall–Kier alpha value is 0.394. The van der Waals surface area contributed by atoms with Crippen LogP contribution in [0.25, 0.3) is 0 Å². The molecule has 0 aliphatic carbocycles. The van der Waals surface area contributed by atoms with Crippen LogP contribution < -0.4 is 5.32 Å². The van der Waals surface area contributed by atoms with Gasteiger partial charge in [-0.2, -0.15) is 0 Å². The van der Waals surface area contributed by atoms with Crippen molar-refractivity contribution in [3.8, 4) is 0 Å². The van der Waals surface area contributed by atoms with Gasteiger partial charge in [-0.05, 0) is 39.9 Å². The minimum atomic E-state index is 0.685. The first kappa shape index (κ1) is 11.2. The third-order valence-electron chi connectivity index (χ3n) is 1.11. The smallest absolute Gasteiger partial charge is 0.00331 e.